The molecule has 4 heterocycles. The zero-order valence-electron chi connectivity index (χ0n) is 37.1. The minimum Gasteiger partial charge on any atom is -0.456 e. The lowest BCUT2D eigenvalue weighted by Crippen LogP contribution is -2.17. The van der Waals surface area contributed by atoms with Gasteiger partial charge < -0.3 is 13.4 Å². The lowest BCUT2D eigenvalue weighted by Gasteiger charge is -2.19. The number of benzene rings is 10. The van der Waals surface area contributed by atoms with E-state index in [-0.39, 0.29) is 5.92 Å². The highest BCUT2D eigenvalue weighted by Gasteiger charge is 2.26. The van der Waals surface area contributed by atoms with E-state index in [2.05, 4.69) is 206 Å². The molecule has 14 rings (SSSR count). The van der Waals surface area contributed by atoms with Crippen LogP contribution in [-0.2, 0) is 0 Å². The Bertz CT molecular complexity index is 4310. The summed E-state index contributed by atoms with van der Waals surface area (Å²) >= 11 is 0. The van der Waals surface area contributed by atoms with Gasteiger partial charge in [-0.15, -0.1) is 0 Å². The third-order valence-corrected chi connectivity index (χ3v) is 14.0. The molecular weight excluding hydrogens is 831 g/mol. The minimum atomic E-state index is 0.0644. The predicted octanol–water partition coefficient (Wildman–Crippen LogP) is 16.9. The van der Waals surface area contributed by atoms with Crippen molar-refractivity contribution >= 4 is 104 Å². The number of amidine groups is 1. The summed E-state index contributed by atoms with van der Waals surface area (Å²) in [6.07, 6.45) is 3.02. The van der Waals surface area contributed by atoms with Crippen LogP contribution in [-0.4, -0.2) is 16.1 Å². The molecule has 0 spiro atoms. The molecule has 1 aliphatic rings. The Balaban J connectivity index is 1.04. The predicted molar refractivity (Wildman–Crippen MR) is 284 cm³/mol. The minimum absolute atomic E-state index is 0.0644. The molecule has 320 valence electrons. The highest BCUT2D eigenvalue weighted by Crippen LogP contribution is 2.43. The molecule has 3 aromatic heterocycles. The SMILES string of the molecule is CC1C/C=C(c2ccc3c(c2)oc2ccccc23)/N=C(c2ccc(-n3c4cc5ccccc5cc4c4c5ccccc5ccc43)c3oc4ccccc4c23)\N=C/1c1cccc(-c2ccccc2)c1. The first-order chi connectivity index (χ1) is 33.6. The fourth-order valence-electron chi connectivity index (χ4n) is 10.7. The summed E-state index contributed by atoms with van der Waals surface area (Å²) < 4.78 is 15.9. The lowest BCUT2D eigenvalue weighted by molar-refractivity contribution is 0.666. The van der Waals surface area contributed by atoms with Crippen LogP contribution >= 0.6 is 0 Å². The molecule has 1 aliphatic heterocycles. The maximum atomic E-state index is 7.10. The molecule has 5 heteroatoms. The Hall–Kier alpha value is -8.80. The van der Waals surface area contributed by atoms with Crippen LogP contribution in [0, 0.1) is 5.92 Å². The molecule has 1 atom stereocenters. The van der Waals surface area contributed by atoms with E-state index in [1.165, 1.54) is 37.9 Å². The van der Waals surface area contributed by atoms with Crippen molar-refractivity contribution < 1.29 is 8.83 Å². The number of aliphatic imine (C=N–C) groups is 2. The van der Waals surface area contributed by atoms with E-state index in [1.54, 1.807) is 0 Å². The van der Waals surface area contributed by atoms with Crippen LogP contribution in [0.5, 0.6) is 0 Å². The van der Waals surface area contributed by atoms with Gasteiger partial charge in [-0.3, -0.25) is 0 Å². The van der Waals surface area contributed by atoms with Crippen LogP contribution in [0.4, 0.5) is 0 Å². The number of rotatable bonds is 5. The molecule has 10 aromatic carbocycles. The maximum Gasteiger partial charge on any atom is 0.160 e. The van der Waals surface area contributed by atoms with Gasteiger partial charge in [-0.25, -0.2) is 9.98 Å². The first kappa shape index (κ1) is 38.5. The summed E-state index contributed by atoms with van der Waals surface area (Å²) in [7, 11) is 0. The Labute approximate surface area is 391 Å². The standard InChI is InChI=1S/C63H41N3O2/c1-38-26-31-52(44-27-29-48-47-22-9-11-24-56(47)67-58(48)37-44)64-63(65-61(38)45-20-13-19-41(34-45)39-14-3-2-4-15-39)50-30-33-54(62-60(50)49-23-10-12-25-57(49)68-62)66-53-32-28-40-16-7-8-21-46(40)59(53)51-35-42-17-5-6-18-43(42)36-55(51)66/h2-25,27-38H,26H2,1H3/b52-31+,64-63-,65-61+. The number of hydrogen-bond acceptors (Lipinski definition) is 4. The topological polar surface area (TPSA) is 55.9 Å². The highest BCUT2D eigenvalue weighted by molar-refractivity contribution is 6.26. The van der Waals surface area contributed by atoms with E-state index in [4.69, 9.17) is 18.8 Å². The highest BCUT2D eigenvalue weighted by atomic mass is 16.3. The van der Waals surface area contributed by atoms with E-state index in [0.29, 0.717) is 5.84 Å². The Morgan fingerprint density at radius 3 is 1.99 bits per heavy atom. The van der Waals surface area contributed by atoms with Gasteiger partial charge in [-0.1, -0.05) is 159 Å². The molecule has 0 aliphatic carbocycles. The van der Waals surface area contributed by atoms with Crippen molar-refractivity contribution in [2.24, 2.45) is 15.9 Å². The van der Waals surface area contributed by atoms with Crippen molar-refractivity contribution in [3.05, 3.63) is 229 Å². The molecule has 68 heavy (non-hydrogen) atoms. The van der Waals surface area contributed by atoms with Gasteiger partial charge in [-0.2, -0.15) is 0 Å². The van der Waals surface area contributed by atoms with Gasteiger partial charge >= 0.3 is 0 Å². The second kappa shape index (κ2) is 15.1. The normalized spacial score (nSPS) is 16.9. The van der Waals surface area contributed by atoms with Crippen molar-refractivity contribution in [1.82, 2.24) is 4.57 Å². The molecule has 0 fully saturated rings. The number of para-hydroxylation sites is 2. The zero-order valence-corrected chi connectivity index (χ0v) is 37.1. The monoisotopic (exact) mass is 871 g/mol. The van der Waals surface area contributed by atoms with Gasteiger partial charge in [0.1, 0.15) is 16.7 Å². The summed E-state index contributed by atoms with van der Waals surface area (Å²) in [6, 6.07) is 73.3. The smallest absolute Gasteiger partial charge is 0.160 e. The van der Waals surface area contributed by atoms with Gasteiger partial charge in [-0.05, 0) is 105 Å². The van der Waals surface area contributed by atoms with Crippen LogP contribution in [0.25, 0.3) is 110 Å². The zero-order chi connectivity index (χ0) is 44.9. The number of hydrogen-bond donors (Lipinski definition) is 0. The second-order valence-corrected chi connectivity index (χ2v) is 18.1. The first-order valence-corrected chi connectivity index (χ1v) is 23.4. The molecule has 0 amide bonds. The van der Waals surface area contributed by atoms with Gasteiger partial charge in [0.25, 0.3) is 0 Å². The summed E-state index contributed by atoms with van der Waals surface area (Å²) in [5.74, 6) is 0.685. The van der Waals surface area contributed by atoms with E-state index < -0.39 is 0 Å². The van der Waals surface area contributed by atoms with E-state index in [0.717, 1.165) is 101 Å². The molecule has 0 N–H and O–H groups in total. The Morgan fingerprint density at radius 1 is 0.441 bits per heavy atom. The summed E-state index contributed by atoms with van der Waals surface area (Å²) in [5.41, 5.74) is 13.6. The van der Waals surface area contributed by atoms with Crippen LogP contribution in [0.2, 0.25) is 0 Å². The number of allylic oxidation sites excluding steroid dienone is 1. The van der Waals surface area contributed by atoms with Crippen LogP contribution < -0.4 is 0 Å². The average Bonchev–Trinajstić information content (AvgIpc) is 4.07. The Kier molecular flexibility index (Phi) is 8.56. The van der Waals surface area contributed by atoms with Crippen LogP contribution in [0.3, 0.4) is 0 Å². The number of furan rings is 2. The van der Waals surface area contributed by atoms with Crippen LogP contribution in [0.1, 0.15) is 30.0 Å². The molecule has 1 unspecified atom stereocenters. The molecule has 0 radical (unpaired) electrons. The third kappa shape index (κ3) is 6.02. The number of nitrogens with zero attached hydrogens (tertiary/aromatic N) is 3. The average molecular weight is 872 g/mol. The quantitative estimate of drug-likeness (QED) is 0.173. The molecule has 5 nitrogen and oxygen atoms in total. The van der Waals surface area contributed by atoms with Gasteiger partial charge in [0.05, 0.1) is 28.1 Å². The van der Waals surface area contributed by atoms with Crippen LogP contribution in [0.15, 0.2) is 231 Å². The van der Waals surface area contributed by atoms with Crippen molar-refractivity contribution in [3.63, 3.8) is 0 Å². The summed E-state index contributed by atoms with van der Waals surface area (Å²) in [5, 5.41) is 11.4. The molecule has 0 saturated heterocycles. The van der Waals surface area contributed by atoms with Crippen molar-refractivity contribution in [2.45, 2.75) is 13.3 Å². The van der Waals surface area contributed by atoms with Gasteiger partial charge in [0.2, 0.25) is 0 Å². The summed E-state index contributed by atoms with van der Waals surface area (Å²) in [6.45, 7) is 2.27. The lowest BCUT2D eigenvalue weighted by atomic mass is 9.91. The van der Waals surface area contributed by atoms with Crippen molar-refractivity contribution in [3.8, 4) is 16.8 Å². The van der Waals surface area contributed by atoms with Crippen molar-refractivity contribution in [1.29, 1.82) is 0 Å². The molecule has 13 aromatic rings. The van der Waals surface area contributed by atoms with E-state index >= 15 is 0 Å². The van der Waals surface area contributed by atoms with Crippen molar-refractivity contribution in [2.75, 3.05) is 0 Å². The number of aromatic nitrogens is 1. The molecule has 0 bridgehead atoms. The molecular formula is C63H41N3O2. The largest absolute Gasteiger partial charge is 0.456 e. The summed E-state index contributed by atoms with van der Waals surface area (Å²) in [4.78, 5) is 11.3. The second-order valence-electron chi connectivity index (χ2n) is 18.1. The van der Waals surface area contributed by atoms with E-state index in [9.17, 15) is 0 Å². The fourth-order valence-corrected chi connectivity index (χ4v) is 10.7. The fraction of sp³-hybridized carbons (Fsp3) is 0.0476. The molecule has 0 saturated carbocycles. The van der Waals surface area contributed by atoms with E-state index in [1.807, 2.05) is 18.2 Å². The Morgan fingerprint density at radius 2 is 1.13 bits per heavy atom. The number of fused-ring (bicyclic) bond motifs is 12. The maximum absolute atomic E-state index is 7.10. The third-order valence-electron chi connectivity index (χ3n) is 14.0. The van der Waals surface area contributed by atoms with Gasteiger partial charge in [0.15, 0.2) is 11.4 Å². The first-order valence-electron chi connectivity index (χ1n) is 23.4. The van der Waals surface area contributed by atoms with Gasteiger partial charge in [0, 0.05) is 49.4 Å².